The van der Waals surface area contributed by atoms with Gasteiger partial charge in [-0.05, 0) is 24.3 Å². The number of rotatable bonds is 4. The summed E-state index contributed by atoms with van der Waals surface area (Å²) in [5.74, 6) is 0.755. The summed E-state index contributed by atoms with van der Waals surface area (Å²) in [5, 5.41) is 9.80. The molecule has 1 aliphatic heterocycles. The Kier molecular flexibility index (Phi) is 4.92. The first-order valence-corrected chi connectivity index (χ1v) is 10.8. The van der Waals surface area contributed by atoms with Crippen LogP contribution in [0.1, 0.15) is 0 Å². The highest BCUT2D eigenvalue weighted by atomic mass is 35.5. The molecule has 8 nitrogen and oxygen atoms in total. The van der Waals surface area contributed by atoms with Gasteiger partial charge in [-0.3, -0.25) is 4.79 Å². The maximum atomic E-state index is 12.8. The maximum Gasteiger partial charge on any atom is 0.244 e. The minimum absolute atomic E-state index is 0.0410. The number of fused-ring (bicyclic) bond motifs is 2. The van der Waals surface area contributed by atoms with Crippen molar-refractivity contribution in [2.45, 2.75) is 6.54 Å². The van der Waals surface area contributed by atoms with Crippen LogP contribution in [0.5, 0.6) is 5.75 Å². The summed E-state index contributed by atoms with van der Waals surface area (Å²) >= 11 is 7.89. The average Bonchev–Trinajstić information content (AvgIpc) is 3.40. The lowest BCUT2D eigenvalue weighted by Crippen LogP contribution is -2.49. The molecule has 2 aromatic heterocycles. The topological polar surface area (TPSA) is 76.4 Å². The molecule has 1 amide bonds. The second kappa shape index (κ2) is 7.73. The SMILES string of the molecule is COc1ccc(Cl)c2sc(N3CCN(C(=O)Cn4nnc5ccccc54)CC3)nc12. The van der Waals surface area contributed by atoms with E-state index in [1.165, 1.54) is 0 Å². The number of benzene rings is 2. The molecule has 0 radical (unpaired) electrons. The summed E-state index contributed by atoms with van der Waals surface area (Å²) in [6.45, 7) is 2.88. The third-order valence-corrected chi connectivity index (χ3v) is 6.85. The second-order valence-corrected chi connectivity index (χ2v) is 8.41. The fourth-order valence-electron chi connectivity index (χ4n) is 3.65. The number of halogens is 1. The Morgan fingerprint density at radius 2 is 1.97 bits per heavy atom. The van der Waals surface area contributed by atoms with Gasteiger partial charge in [0, 0.05) is 26.2 Å². The van der Waals surface area contributed by atoms with Gasteiger partial charge in [0.15, 0.2) is 5.13 Å². The van der Waals surface area contributed by atoms with Gasteiger partial charge >= 0.3 is 0 Å². The molecular formula is C20H19ClN6O2S. The molecule has 10 heteroatoms. The highest BCUT2D eigenvalue weighted by Crippen LogP contribution is 2.38. The lowest BCUT2D eigenvalue weighted by molar-refractivity contribution is -0.132. The van der Waals surface area contributed by atoms with Crippen molar-refractivity contribution in [3.63, 3.8) is 0 Å². The Balaban J connectivity index is 1.28. The lowest BCUT2D eigenvalue weighted by Gasteiger charge is -2.34. The molecule has 0 atom stereocenters. The Hall–Kier alpha value is -2.91. The number of amides is 1. The number of para-hydroxylation sites is 1. The minimum atomic E-state index is 0.0410. The van der Waals surface area contributed by atoms with Crippen molar-refractivity contribution in [2.24, 2.45) is 0 Å². The van der Waals surface area contributed by atoms with Gasteiger partial charge in [-0.15, -0.1) is 5.10 Å². The monoisotopic (exact) mass is 442 g/mol. The van der Waals surface area contributed by atoms with E-state index in [1.807, 2.05) is 41.3 Å². The quantitative estimate of drug-likeness (QED) is 0.483. The van der Waals surface area contributed by atoms with Gasteiger partial charge in [0.2, 0.25) is 5.91 Å². The summed E-state index contributed by atoms with van der Waals surface area (Å²) in [4.78, 5) is 21.6. The van der Waals surface area contributed by atoms with E-state index < -0.39 is 0 Å². The molecule has 0 bridgehead atoms. The van der Waals surface area contributed by atoms with E-state index in [2.05, 4.69) is 15.2 Å². The molecule has 0 saturated carbocycles. The molecular weight excluding hydrogens is 424 g/mol. The van der Waals surface area contributed by atoms with Crippen LogP contribution in [0.3, 0.4) is 0 Å². The van der Waals surface area contributed by atoms with Crippen molar-refractivity contribution in [1.82, 2.24) is 24.9 Å². The molecule has 3 heterocycles. The number of anilines is 1. The molecule has 30 heavy (non-hydrogen) atoms. The van der Waals surface area contributed by atoms with E-state index >= 15 is 0 Å². The number of hydrogen-bond acceptors (Lipinski definition) is 7. The van der Waals surface area contributed by atoms with Crippen LogP contribution in [0, 0.1) is 0 Å². The van der Waals surface area contributed by atoms with Gasteiger partial charge < -0.3 is 14.5 Å². The zero-order chi connectivity index (χ0) is 20.7. The van der Waals surface area contributed by atoms with Gasteiger partial charge in [0.25, 0.3) is 0 Å². The fraction of sp³-hybridized carbons (Fsp3) is 0.300. The molecule has 0 spiro atoms. The molecule has 0 unspecified atom stereocenters. The number of carbonyl (C=O) groups excluding carboxylic acids is 1. The normalized spacial score (nSPS) is 14.6. The van der Waals surface area contributed by atoms with Crippen LogP contribution in [-0.4, -0.2) is 64.1 Å². The highest BCUT2D eigenvalue weighted by molar-refractivity contribution is 7.22. The largest absolute Gasteiger partial charge is 0.494 e. The molecule has 5 rings (SSSR count). The predicted octanol–water partition coefficient (Wildman–Crippen LogP) is 3.05. The van der Waals surface area contributed by atoms with E-state index in [0.29, 0.717) is 37.0 Å². The van der Waals surface area contributed by atoms with Crippen LogP contribution in [0.25, 0.3) is 21.3 Å². The molecule has 0 N–H and O–H groups in total. The predicted molar refractivity (Wildman–Crippen MR) is 118 cm³/mol. The van der Waals surface area contributed by atoms with E-state index in [0.717, 1.165) is 26.4 Å². The number of aromatic nitrogens is 4. The number of thiazole rings is 1. The second-order valence-electron chi connectivity index (χ2n) is 7.03. The van der Waals surface area contributed by atoms with E-state index in [-0.39, 0.29) is 12.5 Å². The van der Waals surface area contributed by atoms with Gasteiger partial charge in [-0.2, -0.15) is 0 Å². The van der Waals surface area contributed by atoms with Gasteiger partial charge in [0.05, 0.1) is 22.3 Å². The van der Waals surface area contributed by atoms with Gasteiger partial charge in [-0.1, -0.05) is 40.3 Å². The number of hydrogen-bond donors (Lipinski definition) is 0. The molecule has 4 aromatic rings. The smallest absolute Gasteiger partial charge is 0.244 e. The number of carbonyl (C=O) groups is 1. The van der Waals surface area contributed by atoms with Crippen molar-refractivity contribution in [2.75, 3.05) is 38.2 Å². The van der Waals surface area contributed by atoms with Crippen LogP contribution in [0.4, 0.5) is 5.13 Å². The molecule has 1 aliphatic rings. The van der Waals surface area contributed by atoms with E-state index in [9.17, 15) is 4.79 Å². The lowest BCUT2D eigenvalue weighted by atomic mass is 10.3. The Bertz CT molecular complexity index is 1230. The Morgan fingerprint density at radius 3 is 2.77 bits per heavy atom. The summed E-state index contributed by atoms with van der Waals surface area (Å²) in [5.41, 5.74) is 2.44. The Labute approximate surface area is 181 Å². The van der Waals surface area contributed by atoms with E-state index in [1.54, 1.807) is 23.1 Å². The minimum Gasteiger partial charge on any atom is -0.494 e. The summed E-state index contributed by atoms with van der Waals surface area (Å²) in [6, 6.07) is 11.3. The molecule has 1 saturated heterocycles. The van der Waals surface area contributed by atoms with Crippen molar-refractivity contribution < 1.29 is 9.53 Å². The van der Waals surface area contributed by atoms with Gasteiger partial charge in [0.1, 0.15) is 23.3 Å². The van der Waals surface area contributed by atoms with Crippen LogP contribution in [-0.2, 0) is 11.3 Å². The third-order valence-electron chi connectivity index (χ3n) is 5.28. The molecule has 2 aromatic carbocycles. The van der Waals surface area contributed by atoms with Crippen LogP contribution >= 0.6 is 22.9 Å². The number of ether oxygens (including phenoxy) is 1. The van der Waals surface area contributed by atoms with E-state index in [4.69, 9.17) is 21.3 Å². The standard InChI is InChI=1S/C20H19ClN6O2S/c1-29-16-7-6-13(21)19-18(16)22-20(30-19)26-10-8-25(9-11-26)17(28)12-27-15-5-3-2-4-14(15)23-24-27/h2-7H,8-12H2,1H3. The van der Waals surface area contributed by atoms with Crippen LogP contribution < -0.4 is 9.64 Å². The third kappa shape index (κ3) is 3.33. The first-order chi connectivity index (χ1) is 14.6. The zero-order valence-electron chi connectivity index (χ0n) is 16.3. The highest BCUT2D eigenvalue weighted by Gasteiger charge is 2.25. The van der Waals surface area contributed by atoms with Crippen molar-refractivity contribution in [3.8, 4) is 5.75 Å². The first-order valence-electron chi connectivity index (χ1n) is 9.58. The first kappa shape index (κ1) is 19.1. The number of nitrogens with zero attached hydrogens (tertiary/aromatic N) is 6. The van der Waals surface area contributed by atoms with Gasteiger partial charge in [-0.25, -0.2) is 9.67 Å². The molecule has 1 fully saturated rings. The summed E-state index contributed by atoms with van der Waals surface area (Å²) < 4.78 is 7.99. The fourth-order valence-corrected chi connectivity index (χ4v) is 4.96. The maximum absolute atomic E-state index is 12.8. The molecule has 0 aliphatic carbocycles. The zero-order valence-corrected chi connectivity index (χ0v) is 17.9. The van der Waals surface area contributed by atoms with Crippen molar-refractivity contribution in [1.29, 1.82) is 0 Å². The van der Waals surface area contributed by atoms with Crippen LogP contribution in [0.2, 0.25) is 5.02 Å². The molecule has 154 valence electrons. The average molecular weight is 443 g/mol. The van der Waals surface area contributed by atoms with Crippen molar-refractivity contribution in [3.05, 3.63) is 41.4 Å². The number of piperazine rings is 1. The summed E-state index contributed by atoms with van der Waals surface area (Å²) in [6.07, 6.45) is 0. The van der Waals surface area contributed by atoms with Crippen LogP contribution in [0.15, 0.2) is 36.4 Å². The number of methoxy groups -OCH3 is 1. The van der Waals surface area contributed by atoms with Crippen molar-refractivity contribution >= 4 is 55.2 Å². The Morgan fingerprint density at radius 1 is 1.17 bits per heavy atom. The summed E-state index contributed by atoms with van der Waals surface area (Å²) in [7, 11) is 1.63.